The molecule has 2 heteroatoms. The van der Waals surface area contributed by atoms with E-state index in [4.69, 9.17) is 0 Å². The molecule has 0 spiro atoms. The minimum absolute atomic E-state index is 0.199. The molecule has 13 heavy (non-hydrogen) atoms. The van der Waals surface area contributed by atoms with Crippen molar-refractivity contribution in [2.45, 2.75) is 20.3 Å². The van der Waals surface area contributed by atoms with Gasteiger partial charge in [0.15, 0.2) is 0 Å². The van der Waals surface area contributed by atoms with Gasteiger partial charge in [0.05, 0.1) is 7.11 Å². The number of hydrogen-bond acceptors (Lipinski definition) is 2. The fourth-order valence-corrected chi connectivity index (χ4v) is 1.44. The molecule has 0 aromatic heterocycles. The molecule has 0 saturated heterocycles. The fraction of sp³-hybridized carbons (Fsp3) is 0.545. The first-order valence-electron chi connectivity index (χ1n) is 4.61. The van der Waals surface area contributed by atoms with Crippen LogP contribution in [-0.2, 0) is 9.53 Å². The van der Waals surface area contributed by atoms with Gasteiger partial charge in [-0.1, -0.05) is 32.1 Å². The number of rotatable bonds is 2. The van der Waals surface area contributed by atoms with Crippen molar-refractivity contribution in [2.75, 3.05) is 7.11 Å². The molecule has 2 nitrogen and oxygen atoms in total. The highest BCUT2D eigenvalue weighted by Crippen LogP contribution is 2.25. The summed E-state index contributed by atoms with van der Waals surface area (Å²) in [6.45, 7) is 4.32. The van der Waals surface area contributed by atoms with Crippen molar-refractivity contribution in [1.29, 1.82) is 0 Å². The summed E-state index contributed by atoms with van der Waals surface area (Å²) in [5.74, 6) is 0.846. The van der Waals surface area contributed by atoms with Crippen LogP contribution >= 0.6 is 0 Å². The Morgan fingerprint density at radius 1 is 1.62 bits per heavy atom. The summed E-state index contributed by atoms with van der Waals surface area (Å²) in [7, 11) is 1.42. The Bertz CT molecular complexity index is 249. The molecule has 0 radical (unpaired) electrons. The van der Waals surface area contributed by atoms with Gasteiger partial charge in [-0.15, -0.1) is 0 Å². The third-order valence-electron chi connectivity index (χ3n) is 2.42. The molecule has 72 valence electrons. The zero-order chi connectivity index (χ0) is 9.84. The van der Waals surface area contributed by atoms with Crippen LogP contribution in [0.4, 0.5) is 0 Å². The van der Waals surface area contributed by atoms with Crippen LogP contribution in [0, 0.1) is 11.8 Å². The number of carbonyl (C=O) groups is 1. The van der Waals surface area contributed by atoms with Gasteiger partial charge in [-0.05, 0) is 18.3 Å². The predicted octanol–water partition coefficient (Wildman–Crippen LogP) is 2.32. The van der Waals surface area contributed by atoms with Crippen LogP contribution in [0.2, 0.25) is 0 Å². The van der Waals surface area contributed by atoms with Gasteiger partial charge in [-0.25, -0.2) is 4.79 Å². The molecule has 0 amide bonds. The van der Waals surface area contributed by atoms with Crippen LogP contribution < -0.4 is 0 Å². The summed E-state index contributed by atoms with van der Waals surface area (Å²) in [5.41, 5.74) is 0.781. The molecular formula is C11H16O2. The summed E-state index contributed by atoms with van der Waals surface area (Å²) < 4.78 is 4.68. The van der Waals surface area contributed by atoms with Crippen LogP contribution in [0.3, 0.4) is 0 Å². The first-order valence-corrected chi connectivity index (χ1v) is 4.61. The molecule has 0 heterocycles. The van der Waals surface area contributed by atoms with E-state index in [9.17, 15) is 4.79 Å². The third-order valence-corrected chi connectivity index (χ3v) is 2.42. The minimum atomic E-state index is -0.199. The Kier molecular flexibility index (Phi) is 3.29. The maximum Gasteiger partial charge on any atom is 0.333 e. The van der Waals surface area contributed by atoms with Gasteiger partial charge in [0.2, 0.25) is 0 Å². The van der Waals surface area contributed by atoms with E-state index in [2.05, 4.69) is 24.7 Å². The van der Waals surface area contributed by atoms with Crippen LogP contribution in [0.1, 0.15) is 20.3 Å². The quantitative estimate of drug-likeness (QED) is 0.609. The predicted molar refractivity (Wildman–Crippen MR) is 52.2 cm³/mol. The molecule has 0 aromatic rings. The first-order chi connectivity index (χ1) is 6.15. The lowest BCUT2D eigenvalue weighted by atomic mass is 9.86. The number of methoxy groups -OCH3 is 1. The summed E-state index contributed by atoms with van der Waals surface area (Å²) in [6.07, 6.45) is 6.74. The van der Waals surface area contributed by atoms with Crippen molar-refractivity contribution in [3.05, 3.63) is 23.8 Å². The Hall–Kier alpha value is -1.05. The standard InChI is InChI=1S/C11H16O2/c1-8(2)9-5-4-6-10(7-9)11(12)13-3/h4-6,8-9H,7H2,1-3H3/t9-/m0/s1. The second-order valence-corrected chi connectivity index (χ2v) is 3.68. The van der Waals surface area contributed by atoms with Crippen molar-refractivity contribution >= 4 is 5.97 Å². The van der Waals surface area contributed by atoms with Crippen LogP contribution in [0.25, 0.3) is 0 Å². The van der Waals surface area contributed by atoms with Gasteiger partial charge in [0.1, 0.15) is 0 Å². The average molecular weight is 180 g/mol. The lowest BCUT2D eigenvalue weighted by Gasteiger charge is -2.20. The monoisotopic (exact) mass is 180 g/mol. The second kappa shape index (κ2) is 4.26. The molecule has 0 unspecified atom stereocenters. The highest BCUT2D eigenvalue weighted by Gasteiger charge is 2.19. The van der Waals surface area contributed by atoms with Gasteiger partial charge >= 0.3 is 5.97 Å². The van der Waals surface area contributed by atoms with Crippen LogP contribution in [-0.4, -0.2) is 13.1 Å². The molecule has 1 aliphatic carbocycles. The highest BCUT2D eigenvalue weighted by molar-refractivity contribution is 5.89. The smallest absolute Gasteiger partial charge is 0.333 e. The minimum Gasteiger partial charge on any atom is -0.466 e. The van der Waals surface area contributed by atoms with Crippen molar-refractivity contribution in [2.24, 2.45) is 11.8 Å². The molecule has 0 aromatic carbocycles. The zero-order valence-corrected chi connectivity index (χ0v) is 8.41. The first kappa shape index (κ1) is 10.0. The van der Waals surface area contributed by atoms with Crippen molar-refractivity contribution in [3.63, 3.8) is 0 Å². The summed E-state index contributed by atoms with van der Waals surface area (Å²) in [4.78, 5) is 11.2. The van der Waals surface area contributed by atoms with Gasteiger partial charge in [0.25, 0.3) is 0 Å². The number of esters is 1. The lowest BCUT2D eigenvalue weighted by molar-refractivity contribution is -0.136. The van der Waals surface area contributed by atoms with Gasteiger partial charge in [0, 0.05) is 5.57 Å². The maximum absolute atomic E-state index is 11.2. The van der Waals surface area contributed by atoms with Crippen molar-refractivity contribution in [3.8, 4) is 0 Å². The zero-order valence-electron chi connectivity index (χ0n) is 8.41. The molecule has 1 atom stereocenters. The summed E-state index contributed by atoms with van der Waals surface area (Å²) >= 11 is 0. The SMILES string of the molecule is COC(=O)C1=CC=C[C@H](C(C)C)C1. The lowest BCUT2D eigenvalue weighted by Crippen LogP contribution is -2.14. The number of ether oxygens (including phenoxy) is 1. The van der Waals surface area contributed by atoms with Gasteiger partial charge in [-0.3, -0.25) is 0 Å². The number of allylic oxidation sites excluding steroid dienone is 3. The van der Waals surface area contributed by atoms with Crippen LogP contribution in [0.5, 0.6) is 0 Å². The van der Waals surface area contributed by atoms with E-state index in [1.807, 2.05) is 12.2 Å². The van der Waals surface area contributed by atoms with E-state index in [0.717, 1.165) is 12.0 Å². The Morgan fingerprint density at radius 3 is 2.85 bits per heavy atom. The molecule has 0 aliphatic heterocycles. The van der Waals surface area contributed by atoms with E-state index < -0.39 is 0 Å². The molecule has 1 rings (SSSR count). The summed E-state index contributed by atoms with van der Waals surface area (Å²) in [5, 5.41) is 0. The highest BCUT2D eigenvalue weighted by atomic mass is 16.5. The number of carbonyl (C=O) groups excluding carboxylic acids is 1. The van der Waals surface area contributed by atoms with E-state index in [1.165, 1.54) is 7.11 Å². The van der Waals surface area contributed by atoms with Crippen molar-refractivity contribution < 1.29 is 9.53 Å². The Labute approximate surface area is 79.3 Å². The Morgan fingerprint density at radius 2 is 2.31 bits per heavy atom. The summed E-state index contributed by atoms with van der Waals surface area (Å²) in [6, 6.07) is 0. The van der Waals surface area contributed by atoms with Gasteiger partial charge < -0.3 is 4.74 Å². The topological polar surface area (TPSA) is 26.3 Å². The van der Waals surface area contributed by atoms with E-state index in [-0.39, 0.29) is 5.97 Å². The van der Waals surface area contributed by atoms with E-state index in [0.29, 0.717) is 11.8 Å². The van der Waals surface area contributed by atoms with Crippen molar-refractivity contribution in [1.82, 2.24) is 0 Å². The Balaban J connectivity index is 2.66. The largest absolute Gasteiger partial charge is 0.466 e. The molecular weight excluding hydrogens is 164 g/mol. The third kappa shape index (κ3) is 2.44. The van der Waals surface area contributed by atoms with E-state index in [1.54, 1.807) is 0 Å². The van der Waals surface area contributed by atoms with Crippen LogP contribution in [0.15, 0.2) is 23.8 Å². The maximum atomic E-state index is 11.2. The van der Waals surface area contributed by atoms with E-state index >= 15 is 0 Å². The number of hydrogen-bond donors (Lipinski definition) is 0. The molecule has 0 N–H and O–H groups in total. The normalized spacial score (nSPS) is 21.5. The van der Waals surface area contributed by atoms with Gasteiger partial charge in [-0.2, -0.15) is 0 Å². The second-order valence-electron chi connectivity index (χ2n) is 3.68. The molecule has 0 fully saturated rings. The average Bonchev–Trinajstić information content (AvgIpc) is 2.17. The molecule has 1 aliphatic rings. The molecule has 0 saturated carbocycles. The fourth-order valence-electron chi connectivity index (χ4n) is 1.44. The molecule has 0 bridgehead atoms.